The van der Waals surface area contributed by atoms with Crippen LogP contribution in [0, 0.1) is 0 Å². The van der Waals surface area contributed by atoms with Gasteiger partial charge >= 0.3 is 0 Å². The van der Waals surface area contributed by atoms with Gasteiger partial charge in [0.1, 0.15) is 5.75 Å². The van der Waals surface area contributed by atoms with Gasteiger partial charge in [-0.2, -0.15) is 0 Å². The molecule has 2 rings (SSSR count). The third-order valence-corrected chi connectivity index (χ3v) is 2.70. The highest BCUT2D eigenvalue weighted by atomic mass is 16.5. The maximum Gasteiger partial charge on any atom is 0.119 e. The van der Waals surface area contributed by atoms with E-state index in [9.17, 15) is 0 Å². The lowest BCUT2D eigenvalue weighted by Gasteiger charge is -2.03. The van der Waals surface area contributed by atoms with E-state index in [0.29, 0.717) is 0 Å². The van der Waals surface area contributed by atoms with Gasteiger partial charge in [-0.15, -0.1) is 0 Å². The zero-order valence-corrected chi connectivity index (χ0v) is 10.6. The average molecular weight is 240 g/mol. The van der Waals surface area contributed by atoms with Crippen molar-refractivity contribution in [3.05, 3.63) is 54.1 Å². The van der Waals surface area contributed by atoms with Gasteiger partial charge in [0.25, 0.3) is 0 Å². The van der Waals surface area contributed by atoms with Crippen LogP contribution >= 0.6 is 0 Å². The van der Waals surface area contributed by atoms with Gasteiger partial charge in [-0.05, 0) is 48.9 Å². The minimum absolute atomic E-state index is 0.760. The van der Waals surface area contributed by atoms with E-state index in [1.165, 1.54) is 0 Å². The fourth-order valence-electron chi connectivity index (χ4n) is 1.64. The summed E-state index contributed by atoms with van der Waals surface area (Å²) in [7, 11) is 1.65. The van der Waals surface area contributed by atoms with Crippen molar-refractivity contribution in [1.82, 2.24) is 0 Å². The number of aliphatic imine (C=N–C) groups is 1. The van der Waals surface area contributed by atoms with E-state index in [0.717, 1.165) is 28.4 Å². The predicted octanol–water partition coefficient (Wildman–Crippen LogP) is 3.42. The zero-order chi connectivity index (χ0) is 13.0. The molecule has 3 heteroatoms. The van der Waals surface area contributed by atoms with Gasteiger partial charge in [-0.25, -0.2) is 0 Å². The maximum absolute atomic E-state index is 5.66. The lowest BCUT2D eigenvalue weighted by molar-refractivity contribution is 0.415. The van der Waals surface area contributed by atoms with Crippen molar-refractivity contribution in [3.8, 4) is 5.75 Å². The second kappa shape index (κ2) is 5.36. The van der Waals surface area contributed by atoms with Crippen LogP contribution in [0.25, 0.3) is 0 Å². The first kappa shape index (κ1) is 12.2. The highest BCUT2D eigenvalue weighted by Gasteiger charge is 1.98. The Morgan fingerprint density at radius 3 is 2.17 bits per heavy atom. The average Bonchev–Trinajstić information content (AvgIpc) is 2.40. The summed E-state index contributed by atoms with van der Waals surface area (Å²) in [5, 5.41) is 0. The molecular formula is C15H16N2O. The first-order valence-corrected chi connectivity index (χ1v) is 5.74. The van der Waals surface area contributed by atoms with Crippen molar-refractivity contribution in [1.29, 1.82) is 0 Å². The minimum atomic E-state index is 0.760. The molecule has 0 spiro atoms. The van der Waals surface area contributed by atoms with Crippen LogP contribution in [0.4, 0.5) is 11.4 Å². The first-order valence-electron chi connectivity index (χ1n) is 5.74. The third-order valence-electron chi connectivity index (χ3n) is 2.70. The van der Waals surface area contributed by atoms with Crippen molar-refractivity contribution in [2.45, 2.75) is 6.92 Å². The largest absolute Gasteiger partial charge is 0.497 e. The summed E-state index contributed by atoms with van der Waals surface area (Å²) in [6.07, 6.45) is 0. The molecule has 2 N–H and O–H groups in total. The molecule has 0 aliphatic carbocycles. The Hall–Kier alpha value is -2.29. The topological polar surface area (TPSA) is 47.6 Å². The number of nitrogens with two attached hydrogens (primary N) is 1. The van der Waals surface area contributed by atoms with Crippen LogP contribution in [0.2, 0.25) is 0 Å². The molecule has 18 heavy (non-hydrogen) atoms. The van der Waals surface area contributed by atoms with Crippen molar-refractivity contribution in [3.63, 3.8) is 0 Å². The van der Waals surface area contributed by atoms with E-state index in [2.05, 4.69) is 4.99 Å². The van der Waals surface area contributed by atoms with Gasteiger partial charge in [0.05, 0.1) is 12.8 Å². The van der Waals surface area contributed by atoms with E-state index < -0.39 is 0 Å². The van der Waals surface area contributed by atoms with Crippen molar-refractivity contribution >= 4 is 17.1 Å². The molecule has 92 valence electrons. The van der Waals surface area contributed by atoms with Crippen molar-refractivity contribution in [2.24, 2.45) is 4.99 Å². The standard InChI is InChI=1S/C15H16N2O/c1-11(12-3-5-13(16)6-4-12)17-14-7-9-15(18-2)10-8-14/h3-10H,16H2,1-2H3. The summed E-state index contributed by atoms with van der Waals surface area (Å²) in [6.45, 7) is 1.98. The number of ether oxygens (including phenoxy) is 1. The van der Waals surface area contributed by atoms with Gasteiger partial charge < -0.3 is 10.5 Å². The molecule has 0 bridgehead atoms. The Morgan fingerprint density at radius 2 is 1.61 bits per heavy atom. The molecule has 0 unspecified atom stereocenters. The van der Waals surface area contributed by atoms with Crippen LogP contribution < -0.4 is 10.5 Å². The molecule has 0 fully saturated rings. The number of rotatable bonds is 3. The van der Waals surface area contributed by atoms with E-state index in [1.807, 2.05) is 55.5 Å². The highest BCUT2D eigenvalue weighted by Crippen LogP contribution is 2.19. The number of methoxy groups -OCH3 is 1. The number of hydrogen-bond donors (Lipinski definition) is 1. The van der Waals surface area contributed by atoms with Crippen molar-refractivity contribution < 1.29 is 4.74 Å². The van der Waals surface area contributed by atoms with Crippen LogP contribution in [0.5, 0.6) is 5.75 Å². The molecule has 0 heterocycles. The van der Waals surface area contributed by atoms with Crippen LogP contribution in [-0.2, 0) is 0 Å². The number of anilines is 1. The molecule has 0 amide bonds. The molecule has 2 aromatic rings. The van der Waals surface area contributed by atoms with Gasteiger partial charge in [0.15, 0.2) is 0 Å². The second-order valence-corrected chi connectivity index (χ2v) is 4.02. The molecule has 0 saturated carbocycles. The molecule has 0 atom stereocenters. The van der Waals surface area contributed by atoms with Gasteiger partial charge in [0, 0.05) is 11.4 Å². The Labute approximate surface area is 107 Å². The summed E-state index contributed by atoms with van der Waals surface area (Å²) >= 11 is 0. The molecular weight excluding hydrogens is 224 g/mol. The number of nitrogens with zero attached hydrogens (tertiary/aromatic N) is 1. The smallest absolute Gasteiger partial charge is 0.119 e. The fourth-order valence-corrected chi connectivity index (χ4v) is 1.64. The van der Waals surface area contributed by atoms with Gasteiger partial charge in [-0.3, -0.25) is 4.99 Å². The quantitative estimate of drug-likeness (QED) is 0.660. The van der Waals surface area contributed by atoms with Crippen LogP contribution in [0.1, 0.15) is 12.5 Å². The van der Waals surface area contributed by atoms with Crippen LogP contribution in [0.3, 0.4) is 0 Å². The normalized spacial score (nSPS) is 11.3. The summed E-state index contributed by atoms with van der Waals surface area (Å²) in [5.41, 5.74) is 9.35. The van der Waals surface area contributed by atoms with Gasteiger partial charge in [-0.1, -0.05) is 12.1 Å². The Morgan fingerprint density at radius 1 is 1.00 bits per heavy atom. The van der Waals surface area contributed by atoms with E-state index in [4.69, 9.17) is 10.5 Å². The molecule has 3 nitrogen and oxygen atoms in total. The molecule has 0 aliphatic heterocycles. The molecule has 0 saturated heterocycles. The van der Waals surface area contributed by atoms with E-state index >= 15 is 0 Å². The summed E-state index contributed by atoms with van der Waals surface area (Å²) in [4.78, 5) is 4.55. The highest BCUT2D eigenvalue weighted by molar-refractivity contribution is 6.00. The van der Waals surface area contributed by atoms with Crippen LogP contribution in [-0.4, -0.2) is 12.8 Å². The summed E-state index contributed by atoms with van der Waals surface area (Å²) in [6, 6.07) is 15.4. The van der Waals surface area contributed by atoms with Gasteiger partial charge in [0.2, 0.25) is 0 Å². The maximum atomic E-state index is 5.66. The molecule has 0 radical (unpaired) electrons. The summed E-state index contributed by atoms with van der Waals surface area (Å²) < 4.78 is 5.11. The lowest BCUT2D eigenvalue weighted by atomic mass is 10.1. The Kier molecular flexibility index (Phi) is 3.63. The molecule has 0 aliphatic rings. The minimum Gasteiger partial charge on any atom is -0.497 e. The second-order valence-electron chi connectivity index (χ2n) is 4.02. The number of benzene rings is 2. The summed E-state index contributed by atoms with van der Waals surface area (Å²) in [5.74, 6) is 0.832. The Bertz CT molecular complexity index is 542. The number of nitrogen functional groups attached to an aromatic ring is 1. The SMILES string of the molecule is COc1ccc(N=C(C)c2ccc(N)cc2)cc1. The molecule has 2 aromatic carbocycles. The zero-order valence-electron chi connectivity index (χ0n) is 10.6. The predicted molar refractivity (Wildman–Crippen MR) is 75.7 cm³/mol. The fraction of sp³-hybridized carbons (Fsp3) is 0.133. The third kappa shape index (κ3) is 2.88. The Balaban J connectivity index is 2.23. The van der Waals surface area contributed by atoms with Crippen LogP contribution in [0.15, 0.2) is 53.5 Å². The lowest BCUT2D eigenvalue weighted by Crippen LogP contribution is -1.94. The van der Waals surface area contributed by atoms with Crippen molar-refractivity contribution in [2.75, 3.05) is 12.8 Å². The molecule has 0 aromatic heterocycles. The first-order chi connectivity index (χ1) is 8.69. The van der Waals surface area contributed by atoms with E-state index in [-0.39, 0.29) is 0 Å². The monoisotopic (exact) mass is 240 g/mol. The number of hydrogen-bond acceptors (Lipinski definition) is 3. The van der Waals surface area contributed by atoms with E-state index in [1.54, 1.807) is 7.11 Å².